The fraction of sp³-hybridized carbons (Fsp3) is 0.846. The summed E-state index contributed by atoms with van der Waals surface area (Å²) in [5.41, 5.74) is 0. The van der Waals surface area contributed by atoms with Crippen LogP contribution < -0.4 is 0 Å². The van der Waals surface area contributed by atoms with Crippen molar-refractivity contribution in [2.75, 3.05) is 27.9 Å². The second-order valence-corrected chi connectivity index (χ2v) is 4.16. The molecule has 0 bridgehead atoms. The van der Waals surface area contributed by atoms with Crippen molar-refractivity contribution in [1.29, 1.82) is 0 Å². The third-order valence-electron chi connectivity index (χ3n) is 2.65. The van der Waals surface area contributed by atoms with E-state index < -0.39 is 42.9 Å². The Kier molecular flexibility index (Phi) is 8.17. The largest absolute Gasteiger partial charge is 0.463 e. The van der Waals surface area contributed by atoms with E-state index in [4.69, 9.17) is 25.1 Å². The highest BCUT2D eigenvalue weighted by molar-refractivity contribution is 5.66. The first-order valence-corrected chi connectivity index (χ1v) is 6.13. The summed E-state index contributed by atoms with van der Waals surface area (Å²) < 4.78 is 33.5. The molecule has 118 valence electrons. The van der Waals surface area contributed by atoms with Crippen LogP contribution >= 0.6 is 0 Å². The standard InChI is InChI=1S/C13H24O7/c1-8(20-10(3)15)12(17-5)13(18-6)11(16-4)7-19-9(2)14/h8,11-13H,7H2,1-6H3/t8-,11+,12+,13-/m0/s1/i7D/t7?,8-,11+,12+,13-. The molecule has 20 heavy (non-hydrogen) atoms. The molecule has 0 rings (SSSR count). The monoisotopic (exact) mass is 293 g/mol. The first kappa shape index (κ1) is 16.9. The molecule has 0 radical (unpaired) electrons. The number of carbonyl (C=O) groups excluding carboxylic acids is 2. The van der Waals surface area contributed by atoms with Gasteiger partial charge in [0.25, 0.3) is 0 Å². The van der Waals surface area contributed by atoms with Crippen LogP contribution in [0.5, 0.6) is 0 Å². The zero-order chi connectivity index (χ0) is 16.6. The number of carbonyl (C=O) groups is 2. The van der Waals surface area contributed by atoms with Gasteiger partial charge in [-0.2, -0.15) is 0 Å². The van der Waals surface area contributed by atoms with Gasteiger partial charge < -0.3 is 23.7 Å². The lowest BCUT2D eigenvalue weighted by Gasteiger charge is -2.33. The van der Waals surface area contributed by atoms with Gasteiger partial charge in [-0.15, -0.1) is 0 Å². The second-order valence-electron chi connectivity index (χ2n) is 4.16. The lowest BCUT2D eigenvalue weighted by atomic mass is 10.0. The average Bonchev–Trinajstić information content (AvgIpc) is 2.36. The van der Waals surface area contributed by atoms with Gasteiger partial charge in [0.15, 0.2) is 0 Å². The van der Waals surface area contributed by atoms with Gasteiger partial charge in [0.2, 0.25) is 0 Å². The fourth-order valence-corrected chi connectivity index (χ4v) is 1.81. The van der Waals surface area contributed by atoms with Crippen molar-refractivity contribution in [2.45, 2.75) is 45.2 Å². The molecule has 0 aromatic carbocycles. The zero-order valence-corrected chi connectivity index (χ0v) is 12.7. The van der Waals surface area contributed by atoms with Crippen molar-refractivity contribution < 1.29 is 34.6 Å². The summed E-state index contributed by atoms with van der Waals surface area (Å²) in [7, 11) is 4.20. The molecule has 5 atom stereocenters. The predicted molar refractivity (Wildman–Crippen MR) is 70.3 cm³/mol. The minimum Gasteiger partial charge on any atom is -0.463 e. The van der Waals surface area contributed by atoms with Crippen LogP contribution in [0.15, 0.2) is 0 Å². The quantitative estimate of drug-likeness (QED) is 0.574. The fourth-order valence-electron chi connectivity index (χ4n) is 1.81. The van der Waals surface area contributed by atoms with Crippen molar-refractivity contribution in [1.82, 2.24) is 0 Å². The molecule has 0 saturated carbocycles. The molecule has 0 heterocycles. The third kappa shape index (κ3) is 6.31. The van der Waals surface area contributed by atoms with Gasteiger partial charge in [0, 0.05) is 35.2 Å². The van der Waals surface area contributed by atoms with Crippen LogP contribution in [-0.2, 0) is 33.3 Å². The minimum absolute atomic E-state index is 0.462. The summed E-state index contributed by atoms with van der Waals surface area (Å²) in [6.45, 7) is 2.83. The smallest absolute Gasteiger partial charge is 0.302 e. The normalized spacial score (nSPS) is 19.2. The third-order valence-corrected chi connectivity index (χ3v) is 2.65. The SMILES string of the molecule is [2H]C(OC(C)=O)[C@@H](OC)[C@H](OC)[C@H](OC)[C@H](C)OC(C)=O. The summed E-state index contributed by atoms with van der Waals surface area (Å²) in [6.07, 6.45) is -2.98. The molecule has 0 amide bonds. The number of esters is 2. The number of hydrogen-bond acceptors (Lipinski definition) is 7. The summed E-state index contributed by atoms with van der Waals surface area (Å²) in [6, 6.07) is 0. The van der Waals surface area contributed by atoms with Crippen LogP contribution in [0, 0.1) is 0 Å². The van der Waals surface area contributed by atoms with Gasteiger partial charge in [-0.1, -0.05) is 0 Å². The molecule has 0 aromatic rings. The molecule has 7 nitrogen and oxygen atoms in total. The zero-order valence-electron chi connectivity index (χ0n) is 13.7. The van der Waals surface area contributed by atoms with E-state index in [1.54, 1.807) is 6.92 Å². The Labute approximate surface area is 120 Å². The molecule has 0 spiro atoms. The lowest BCUT2D eigenvalue weighted by Crippen LogP contribution is -2.49. The highest BCUT2D eigenvalue weighted by Crippen LogP contribution is 2.17. The Morgan fingerprint density at radius 3 is 1.90 bits per heavy atom. The molecule has 7 heteroatoms. The van der Waals surface area contributed by atoms with Crippen molar-refractivity contribution >= 4 is 11.9 Å². The first-order valence-electron chi connectivity index (χ1n) is 6.71. The van der Waals surface area contributed by atoms with Crippen LogP contribution in [0.4, 0.5) is 0 Å². The number of ether oxygens (including phenoxy) is 5. The Balaban J connectivity index is 5.10. The van der Waals surface area contributed by atoms with Gasteiger partial charge in [0.05, 0.1) is 1.37 Å². The van der Waals surface area contributed by atoms with Crippen molar-refractivity contribution in [3.05, 3.63) is 0 Å². The summed E-state index contributed by atoms with van der Waals surface area (Å²) >= 11 is 0. The molecule has 0 N–H and O–H groups in total. The van der Waals surface area contributed by atoms with Gasteiger partial charge in [-0.25, -0.2) is 0 Å². The van der Waals surface area contributed by atoms with E-state index in [-0.39, 0.29) is 0 Å². The highest BCUT2D eigenvalue weighted by Gasteiger charge is 2.36. The number of rotatable bonds is 9. The molecule has 0 aromatic heterocycles. The van der Waals surface area contributed by atoms with Crippen LogP contribution in [0.25, 0.3) is 0 Å². The summed E-state index contributed by atoms with van der Waals surface area (Å²) in [5.74, 6) is -1.07. The minimum atomic E-state index is -1.29. The molecule has 0 aliphatic heterocycles. The van der Waals surface area contributed by atoms with Crippen LogP contribution in [0.2, 0.25) is 0 Å². The Morgan fingerprint density at radius 1 is 1.00 bits per heavy atom. The van der Waals surface area contributed by atoms with E-state index in [1.165, 1.54) is 35.2 Å². The molecular formula is C13H24O7. The Bertz CT molecular complexity index is 306. The summed E-state index contributed by atoms with van der Waals surface area (Å²) in [5, 5.41) is 0. The van der Waals surface area contributed by atoms with Crippen LogP contribution in [-0.4, -0.2) is 64.3 Å². The topological polar surface area (TPSA) is 80.3 Å². The Hall–Kier alpha value is -1.18. The van der Waals surface area contributed by atoms with E-state index in [0.29, 0.717) is 0 Å². The van der Waals surface area contributed by atoms with E-state index in [2.05, 4.69) is 0 Å². The van der Waals surface area contributed by atoms with Gasteiger partial charge in [-0.05, 0) is 6.92 Å². The van der Waals surface area contributed by atoms with Crippen LogP contribution in [0.1, 0.15) is 22.1 Å². The number of methoxy groups -OCH3 is 3. The van der Waals surface area contributed by atoms with E-state index in [0.717, 1.165) is 0 Å². The van der Waals surface area contributed by atoms with E-state index in [9.17, 15) is 9.59 Å². The van der Waals surface area contributed by atoms with Crippen molar-refractivity contribution in [3.63, 3.8) is 0 Å². The maximum Gasteiger partial charge on any atom is 0.302 e. The maximum absolute atomic E-state index is 11.0. The molecule has 0 saturated heterocycles. The highest BCUT2D eigenvalue weighted by atomic mass is 16.6. The molecule has 0 aliphatic carbocycles. The summed E-state index contributed by atoms with van der Waals surface area (Å²) in [4.78, 5) is 22.0. The maximum atomic E-state index is 11.0. The average molecular weight is 293 g/mol. The lowest BCUT2D eigenvalue weighted by molar-refractivity contribution is -0.176. The molecular weight excluding hydrogens is 268 g/mol. The van der Waals surface area contributed by atoms with E-state index >= 15 is 0 Å². The van der Waals surface area contributed by atoms with Crippen molar-refractivity contribution in [3.8, 4) is 0 Å². The molecule has 1 unspecified atom stereocenters. The second kappa shape index (κ2) is 9.68. The Morgan fingerprint density at radius 2 is 1.55 bits per heavy atom. The van der Waals surface area contributed by atoms with Crippen LogP contribution in [0.3, 0.4) is 0 Å². The predicted octanol–water partition coefficient (Wildman–Crippen LogP) is 0.546. The van der Waals surface area contributed by atoms with E-state index in [1.807, 2.05) is 0 Å². The van der Waals surface area contributed by atoms with Gasteiger partial charge in [0.1, 0.15) is 31.0 Å². The van der Waals surface area contributed by atoms with Gasteiger partial charge in [-0.3, -0.25) is 9.59 Å². The molecule has 0 fully saturated rings. The number of hydrogen-bond donors (Lipinski definition) is 0. The first-order chi connectivity index (χ1) is 9.78. The molecule has 0 aliphatic rings. The van der Waals surface area contributed by atoms with Gasteiger partial charge >= 0.3 is 11.9 Å². The van der Waals surface area contributed by atoms with Crippen molar-refractivity contribution in [2.24, 2.45) is 0 Å².